The summed E-state index contributed by atoms with van der Waals surface area (Å²) < 4.78 is 31.2. The number of aryl methyl sites for hydroxylation is 1. The molecule has 0 atom stereocenters. The summed E-state index contributed by atoms with van der Waals surface area (Å²) in [6.07, 6.45) is 1.20. The van der Waals surface area contributed by atoms with Gasteiger partial charge in [-0.05, 0) is 50.5 Å². The quantitative estimate of drug-likeness (QED) is 0.685. The van der Waals surface area contributed by atoms with E-state index in [-0.39, 0.29) is 30.6 Å². The van der Waals surface area contributed by atoms with Gasteiger partial charge in [-0.3, -0.25) is 9.52 Å². The summed E-state index contributed by atoms with van der Waals surface area (Å²) in [5.74, 6) is -0.110. The molecule has 0 saturated carbocycles. The van der Waals surface area contributed by atoms with Crippen molar-refractivity contribution in [1.29, 1.82) is 0 Å². The van der Waals surface area contributed by atoms with E-state index >= 15 is 0 Å². The van der Waals surface area contributed by atoms with Crippen LogP contribution in [0.25, 0.3) is 0 Å². The molecule has 1 amide bonds. The molecule has 9 heteroatoms. The number of halogens is 1. The first kappa shape index (κ1) is 21.7. The predicted molar refractivity (Wildman–Crippen MR) is 102 cm³/mol. The number of amides is 1. The molecule has 0 aromatic heterocycles. The Hall–Kier alpha value is -1.35. The minimum absolute atomic E-state index is 0. The van der Waals surface area contributed by atoms with Crippen LogP contribution in [0.5, 0.6) is 0 Å². The molecular weight excluding hydrogens is 366 g/mol. The van der Waals surface area contributed by atoms with Crippen LogP contribution in [-0.2, 0) is 19.6 Å². The number of sulfonamides is 1. The molecule has 0 unspecified atom stereocenters. The third-order valence-electron chi connectivity index (χ3n) is 4.45. The topological polar surface area (TPSA) is 111 Å². The standard InChI is InChI=1S/C16H25N3O4S.ClH/c1-3-24(21,22)19-14-5-4-13(10-12(14)2)18-15(20)16(11-17)6-8-23-9-7-16;/h4-5,10,19H,3,6-9,11,17H2,1-2H3,(H,18,20);1H. The molecule has 25 heavy (non-hydrogen) atoms. The first-order valence-corrected chi connectivity index (χ1v) is 9.67. The van der Waals surface area contributed by atoms with E-state index in [9.17, 15) is 13.2 Å². The van der Waals surface area contributed by atoms with E-state index in [2.05, 4.69) is 10.0 Å². The number of benzene rings is 1. The molecule has 1 fully saturated rings. The zero-order chi connectivity index (χ0) is 17.8. The van der Waals surface area contributed by atoms with Gasteiger partial charge in [0.05, 0.1) is 16.9 Å². The Labute approximate surface area is 155 Å². The molecule has 1 heterocycles. The van der Waals surface area contributed by atoms with Crippen LogP contribution in [0.1, 0.15) is 25.3 Å². The van der Waals surface area contributed by atoms with E-state index in [4.69, 9.17) is 10.5 Å². The van der Waals surface area contributed by atoms with E-state index in [0.717, 1.165) is 5.56 Å². The number of ether oxygens (including phenoxy) is 1. The third kappa shape index (κ3) is 5.31. The van der Waals surface area contributed by atoms with E-state index < -0.39 is 15.4 Å². The van der Waals surface area contributed by atoms with Crippen LogP contribution < -0.4 is 15.8 Å². The number of hydrogen-bond donors (Lipinski definition) is 3. The number of nitrogens with two attached hydrogens (primary N) is 1. The van der Waals surface area contributed by atoms with Crippen LogP contribution in [0.15, 0.2) is 18.2 Å². The van der Waals surface area contributed by atoms with Crippen molar-refractivity contribution in [2.75, 3.05) is 35.6 Å². The summed E-state index contributed by atoms with van der Waals surface area (Å²) in [6, 6.07) is 5.08. The second-order valence-electron chi connectivity index (χ2n) is 6.09. The van der Waals surface area contributed by atoms with Gasteiger partial charge < -0.3 is 15.8 Å². The summed E-state index contributed by atoms with van der Waals surface area (Å²) in [5.41, 5.74) is 7.10. The number of rotatable bonds is 6. The number of anilines is 2. The van der Waals surface area contributed by atoms with Crippen molar-refractivity contribution < 1.29 is 17.9 Å². The lowest BCUT2D eigenvalue weighted by molar-refractivity contribution is -0.130. The Kier molecular flexibility index (Phi) is 7.67. The monoisotopic (exact) mass is 391 g/mol. The maximum Gasteiger partial charge on any atom is 0.232 e. The Bertz CT molecular complexity index is 703. The van der Waals surface area contributed by atoms with Crippen LogP contribution in [0.2, 0.25) is 0 Å². The van der Waals surface area contributed by atoms with Crippen molar-refractivity contribution in [2.24, 2.45) is 11.1 Å². The molecule has 1 aromatic rings. The zero-order valence-corrected chi connectivity index (χ0v) is 16.1. The van der Waals surface area contributed by atoms with Crippen LogP contribution in [0.3, 0.4) is 0 Å². The van der Waals surface area contributed by atoms with Crippen molar-refractivity contribution in [1.82, 2.24) is 0 Å². The van der Waals surface area contributed by atoms with E-state index in [0.29, 0.717) is 37.4 Å². The van der Waals surface area contributed by atoms with Crippen molar-refractivity contribution in [2.45, 2.75) is 26.7 Å². The van der Waals surface area contributed by atoms with E-state index in [1.807, 2.05) is 0 Å². The second kappa shape index (κ2) is 8.84. The molecule has 2 rings (SSSR count). The van der Waals surface area contributed by atoms with Gasteiger partial charge in [-0.15, -0.1) is 12.4 Å². The first-order valence-electron chi connectivity index (χ1n) is 8.02. The SMILES string of the molecule is CCS(=O)(=O)Nc1ccc(NC(=O)C2(CN)CCOCC2)cc1C.Cl. The largest absolute Gasteiger partial charge is 0.381 e. The van der Waals surface area contributed by atoms with Gasteiger partial charge in [0.1, 0.15) is 0 Å². The highest BCUT2D eigenvalue weighted by molar-refractivity contribution is 7.92. The summed E-state index contributed by atoms with van der Waals surface area (Å²) in [5, 5.41) is 2.90. The normalized spacial score (nSPS) is 16.6. The second-order valence-corrected chi connectivity index (χ2v) is 8.10. The minimum Gasteiger partial charge on any atom is -0.381 e. The molecule has 1 aliphatic rings. The van der Waals surface area contributed by atoms with Gasteiger partial charge in [-0.2, -0.15) is 0 Å². The van der Waals surface area contributed by atoms with Gasteiger partial charge in [0.25, 0.3) is 0 Å². The molecule has 1 aromatic carbocycles. The maximum atomic E-state index is 12.6. The number of hydrogen-bond acceptors (Lipinski definition) is 5. The molecule has 0 bridgehead atoms. The Balaban J connectivity index is 0.00000312. The van der Waals surface area contributed by atoms with Gasteiger partial charge in [-0.25, -0.2) is 8.42 Å². The fourth-order valence-electron chi connectivity index (χ4n) is 2.65. The first-order chi connectivity index (χ1) is 11.3. The molecule has 0 aliphatic carbocycles. The molecule has 0 spiro atoms. The Morgan fingerprint density at radius 3 is 2.48 bits per heavy atom. The number of nitrogens with one attached hydrogen (secondary N) is 2. The number of carbonyl (C=O) groups is 1. The Morgan fingerprint density at radius 2 is 1.96 bits per heavy atom. The van der Waals surface area contributed by atoms with Gasteiger partial charge in [-0.1, -0.05) is 0 Å². The average molecular weight is 392 g/mol. The lowest BCUT2D eigenvalue weighted by Gasteiger charge is -2.34. The van der Waals surface area contributed by atoms with Crippen molar-refractivity contribution in [3.05, 3.63) is 23.8 Å². The number of carbonyl (C=O) groups excluding carboxylic acids is 1. The Morgan fingerprint density at radius 1 is 1.32 bits per heavy atom. The van der Waals surface area contributed by atoms with Crippen LogP contribution in [0.4, 0.5) is 11.4 Å². The van der Waals surface area contributed by atoms with Crippen molar-refractivity contribution in [3.8, 4) is 0 Å². The van der Waals surface area contributed by atoms with Gasteiger partial charge in [0.15, 0.2) is 0 Å². The predicted octanol–water partition coefficient (Wildman–Crippen LogP) is 1.87. The van der Waals surface area contributed by atoms with Crippen LogP contribution in [0, 0.1) is 12.3 Å². The van der Waals surface area contributed by atoms with Gasteiger partial charge >= 0.3 is 0 Å². The highest BCUT2D eigenvalue weighted by Crippen LogP contribution is 2.31. The van der Waals surface area contributed by atoms with Gasteiger partial charge in [0.2, 0.25) is 15.9 Å². The minimum atomic E-state index is -3.33. The molecule has 1 aliphatic heterocycles. The maximum absolute atomic E-state index is 12.6. The highest BCUT2D eigenvalue weighted by Gasteiger charge is 2.38. The summed E-state index contributed by atoms with van der Waals surface area (Å²) in [7, 11) is -3.33. The van der Waals surface area contributed by atoms with Crippen molar-refractivity contribution >= 4 is 39.7 Å². The molecule has 4 N–H and O–H groups in total. The average Bonchev–Trinajstić information content (AvgIpc) is 2.58. The fourth-order valence-corrected chi connectivity index (χ4v) is 3.35. The molecule has 142 valence electrons. The van der Waals surface area contributed by atoms with E-state index in [1.54, 1.807) is 32.0 Å². The summed E-state index contributed by atoms with van der Waals surface area (Å²) >= 11 is 0. The fraction of sp³-hybridized carbons (Fsp3) is 0.562. The molecule has 7 nitrogen and oxygen atoms in total. The van der Waals surface area contributed by atoms with Gasteiger partial charge in [0, 0.05) is 25.4 Å². The molecule has 1 saturated heterocycles. The third-order valence-corrected chi connectivity index (χ3v) is 5.74. The zero-order valence-electron chi connectivity index (χ0n) is 14.5. The summed E-state index contributed by atoms with van der Waals surface area (Å²) in [6.45, 7) is 4.70. The molecular formula is C16H26ClN3O4S. The van der Waals surface area contributed by atoms with Crippen LogP contribution >= 0.6 is 12.4 Å². The van der Waals surface area contributed by atoms with Crippen LogP contribution in [-0.4, -0.2) is 39.8 Å². The lowest BCUT2D eigenvalue weighted by Crippen LogP contribution is -2.46. The lowest BCUT2D eigenvalue weighted by atomic mass is 9.79. The van der Waals surface area contributed by atoms with E-state index in [1.165, 1.54) is 0 Å². The summed E-state index contributed by atoms with van der Waals surface area (Å²) in [4.78, 5) is 12.6. The highest BCUT2D eigenvalue weighted by atomic mass is 35.5. The smallest absolute Gasteiger partial charge is 0.232 e. The molecule has 0 radical (unpaired) electrons. The van der Waals surface area contributed by atoms with Crippen molar-refractivity contribution in [3.63, 3.8) is 0 Å².